The molecule has 1 aromatic carbocycles. The summed E-state index contributed by atoms with van der Waals surface area (Å²) in [6.45, 7) is 0.357. The summed E-state index contributed by atoms with van der Waals surface area (Å²) in [6.07, 6.45) is 5.05. The van der Waals surface area contributed by atoms with Gasteiger partial charge < -0.3 is 14.6 Å². The number of pyridine rings is 1. The second-order valence-corrected chi connectivity index (χ2v) is 6.82. The lowest BCUT2D eigenvalue weighted by molar-refractivity contribution is 0.304. The molecule has 0 aliphatic rings. The minimum Gasteiger partial charge on any atom is -0.395 e. The Hall–Kier alpha value is -3.47. The molecule has 0 aliphatic carbocycles. The van der Waals surface area contributed by atoms with Crippen molar-refractivity contribution in [3.05, 3.63) is 65.8 Å². The molecular formula is C21H17ClN6O. The van der Waals surface area contributed by atoms with Gasteiger partial charge in [0.05, 0.1) is 17.6 Å². The Morgan fingerprint density at radius 2 is 2.00 bits per heavy atom. The number of anilines is 1. The third kappa shape index (κ3) is 3.40. The standard InChI is InChI=1S/C21H17ClN6O/c1-27(7-8-29)20-14(10-23)9-15(11-24-20)17-12-28(16-5-3-2-4-6-16)21-18(17)19(22)25-13-26-21/h2-6,9,11-13,29H,7-8H2,1H3. The van der Waals surface area contributed by atoms with Crippen LogP contribution in [0.1, 0.15) is 5.56 Å². The van der Waals surface area contributed by atoms with E-state index in [1.165, 1.54) is 6.33 Å². The summed E-state index contributed by atoms with van der Waals surface area (Å²) in [7, 11) is 1.78. The first-order chi connectivity index (χ1) is 14.1. The number of hydrogen-bond donors (Lipinski definition) is 1. The van der Waals surface area contributed by atoms with Crippen LogP contribution in [0, 0.1) is 11.3 Å². The number of aliphatic hydroxyl groups excluding tert-OH is 1. The summed E-state index contributed by atoms with van der Waals surface area (Å²) < 4.78 is 1.94. The highest BCUT2D eigenvalue weighted by molar-refractivity contribution is 6.35. The van der Waals surface area contributed by atoms with E-state index in [0.717, 1.165) is 16.8 Å². The van der Waals surface area contributed by atoms with Crippen LogP contribution in [0.25, 0.3) is 27.8 Å². The van der Waals surface area contributed by atoms with E-state index in [9.17, 15) is 10.4 Å². The van der Waals surface area contributed by atoms with Gasteiger partial charge in [-0.05, 0) is 18.2 Å². The molecule has 4 aromatic rings. The quantitative estimate of drug-likeness (QED) is 0.512. The third-order valence-corrected chi connectivity index (χ3v) is 4.95. The molecule has 0 saturated carbocycles. The van der Waals surface area contributed by atoms with E-state index in [0.29, 0.717) is 34.1 Å². The van der Waals surface area contributed by atoms with Crippen LogP contribution in [0.2, 0.25) is 5.15 Å². The topological polar surface area (TPSA) is 90.9 Å². The Bertz CT molecular complexity index is 1220. The van der Waals surface area contributed by atoms with Crippen molar-refractivity contribution in [1.82, 2.24) is 19.5 Å². The number of aliphatic hydroxyl groups is 1. The molecule has 0 amide bonds. The monoisotopic (exact) mass is 404 g/mol. The van der Waals surface area contributed by atoms with Gasteiger partial charge in [-0.25, -0.2) is 15.0 Å². The summed E-state index contributed by atoms with van der Waals surface area (Å²) in [5.74, 6) is 0.513. The molecule has 0 unspecified atom stereocenters. The number of fused-ring (bicyclic) bond motifs is 1. The van der Waals surface area contributed by atoms with Crippen molar-refractivity contribution < 1.29 is 5.11 Å². The van der Waals surface area contributed by atoms with Gasteiger partial charge in [0.1, 0.15) is 29.0 Å². The predicted octanol–water partition coefficient (Wildman–Crippen LogP) is 3.44. The van der Waals surface area contributed by atoms with Gasteiger partial charge in [-0.2, -0.15) is 5.26 Å². The molecule has 3 aromatic heterocycles. The van der Waals surface area contributed by atoms with E-state index >= 15 is 0 Å². The van der Waals surface area contributed by atoms with Crippen molar-refractivity contribution in [2.24, 2.45) is 0 Å². The van der Waals surface area contributed by atoms with E-state index < -0.39 is 0 Å². The maximum Gasteiger partial charge on any atom is 0.150 e. The third-order valence-electron chi connectivity index (χ3n) is 4.67. The smallest absolute Gasteiger partial charge is 0.150 e. The fourth-order valence-electron chi connectivity index (χ4n) is 3.28. The molecular weight excluding hydrogens is 388 g/mol. The summed E-state index contributed by atoms with van der Waals surface area (Å²) in [5.41, 5.74) is 3.54. The lowest BCUT2D eigenvalue weighted by Crippen LogP contribution is -2.23. The fourth-order valence-corrected chi connectivity index (χ4v) is 3.51. The molecule has 4 rings (SSSR count). The van der Waals surface area contributed by atoms with Crippen LogP contribution < -0.4 is 4.90 Å². The van der Waals surface area contributed by atoms with Crippen molar-refractivity contribution >= 4 is 28.5 Å². The van der Waals surface area contributed by atoms with E-state index in [2.05, 4.69) is 21.0 Å². The highest BCUT2D eigenvalue weighted by Crippen LogP contribution is 2.35. The molecule has 3 heterocycles. The van der Waals surface area contributed by atoms with Gasteiger partial charge >= 0.3 is 0 Å². The molecule has 29 heavy (non-hydrogen) atoms. The molecule has 0 atom stereocenters. The number of benzene rings is 1. The first-order valence-corrected chi connectivity index (χ1v) is 9.31. The molecule has 0 aliphatic heterocycles. The molecule has 7 nitrogen and oxygen atoms in total. The largest absolute Gasteiger partial charge is 0.395 e. The van der Waals surface area contributed by atoms with Crippen LogP contribution in [0.3, 0.4) is 0 Å². The molecule has 0 spiro atoms. The van der Waals surface area contributed by atoms with Gasteiger partial charge in [0.2, 0.25) is 0 Å². The number of rotatable bonds is 5. The molecule has 0 bridgehead atoms. The van der Waals surface area contributed by atoms with Crippen LogP contribution in [-0.2, 0) is 0 Å². The van der Waals surface area contributed by atoms with E-state index in [4.69, 9.17) is 11.6 Å². The zero-order chi connectivity index (χ0) is 20.4. The van der Waals surface area contributed by atoms with Crippen LogP contribution in [-0.4, -0.2) is 44.8 Å². The van der Waals surface area contributed by atoms with Crippen LogP contribution in [0.5, 0.6) is 0 Å². The van der Waals surface area contributed by atoms with Gasteiger partial charge in [-0.3, -0.25) is 0 Å². The van der Waals surface area contributed by atoms with Crippen LogP contribution in [0.4, 0.5) is 5.82 Å². The Morgan fingerprint density at radius 3 is 2.72 bits per heavy atom. The Labute approximate surface area is 172 Å². The summed E-state index contributed by atoms with van der Waals surface area (Å²) in [6, 6.07) is 13.8. The lowest BCUT2D eigenvalue weighted by atomic mass is 10.1. The van der Waals surface area contributed by atoms with E-state index in [1.807, 2.05) is 41.1 Å². The Kier molecular flexibility index (Phi) is 5.12. The SMILES string of the molecule is CN(CCO)c1ncc(-c2cn(-c3ccccc3)c3ncnc(Cl)c23)cc1C#N. The molecule has 1 N–H and O–H groups in total. The van der Waals surface area contributed by atoms with Gasteiger partial charge in [0, 0.05) is 42.8 Å². The van der Waals surface area contributed by atoms with Crippen molar-refractivity contribution in [2.75, 3.05) is 25.1 Å². The van der Waals surface area contributed by atoms with Crippen LogP contribution in [0.15, 0.2) is 55.1 Å². The minimum absolute atomic E-state index is 0.0255. The zero-order valence-electron chi connectivity index (χ0n) is 15.6. The second-order valence-electron chi connectivity index (χ2n) is 6.46. The number of aromatic nitrogens is 4. The number of nitrogens with zero attached hydrogens (tertiary/aromatic N) is 6. The maximum atomic E-state index is 9.62. The summed E-state index contributed by atoms with van der Waals surface area (Å²) in [5, 5.41) is 19.8. The fraction of sp³-hybridized carbons (Fsp3) is 0.143. The van der Waals surface area contributed by atoms with Gasteiger partial charge in [0.25, 0.3) is 0 Å². The van der Waals surface area contributed by atoms with Gasteiger partial charge in [0.15, 0.2) is 0 Å². The normalized spacial score (nSPS) is 10.8. The average Bonchev–Trinajstić information content (AvgIpc) is 3.15. The number of nitriles is 1. The van der Waals surface area contributed by atoms with Crippen LogP contribution >= 0.6 is 11.6 Å². The van der Waals surface area contributed by atoms with Crippen molar-refractivity contribution in [1.29, 1.82) is 5.26 Å². The number of para-hydroxylation sites is 1. The van der Waals surface area contributed by atoms with E-state index in [-0.39, 0.29) is 6.61 Å². The van der Waals surface area contributed by atoms with Gasteiger partial charge in [-0.1, -0.05) is 29.8 Å². The summed E-state index contributed by atoms with van der Waals surface area (Å²) in [4.78, 5) is 14.8. The van der Waals surface area contributed by atoms with Crippen molar-refractivity contribution in [3.8, 4) is 22.9 Å². The first kappa shape index (κ1) is 18.9. The molecule has 144 valence electrons. The molecule has 0 fully saturated rings. The minimum atomic E-state index is -0.0255. The highest BCUT2D eigenvalue weighted by Gasteiger charge is 2.18. The highest BCUT2D eigenvalue weighted by atomic mass is 35.5. The average molecular weight is 405 g/mol. The molecule has 0 radical (unpaired) electrons. The van der Waals surface area contributed by atoms with E-state index in [1.54, 1.807) is 24.2 Å². The lowest BCUT2D eigenvalue weighted by Gasteiger charge is -2.18. The first-order valence-electron chi connectivity index (χ1n) is 8.93. The molecule has 8 heteroatoms. The number of hydrogen-bond acceptors (Lipinski definition) is 6. The maximum absolute atomic E-state index is 9.62. The predicted molar refractivity (Wildman–Crippen MR) is 112 cm³/mol. The number of halogens is 1. The van der Waals surface area contributed by atoms with Crippen molar-refractivity contribution in [3.63, 3.8) is 0 Å². The summed E-state index contributed by atoms with van der Waals surface area (Å²) >= 11 is 6.42. The zero-order valence-corrected chi connectivity index (χ0v) is 16.4. The number of likely N-dealkylation sites (N-methyl/N-ethyl adjacent to an activating group) is 1. The molecule has 0 saturated heterocycles. The second kappa shape index (κ2) is 7.87. The van der Waals surface area contributed by atoms with Crippen molar-refractivity contribution in [2.45, 2.75) is 0 Å². The Morgan fingerprint density at radius 1 is 1.21 bits per heavy atom. The Balaban J connectivity index is 1.92. The van der Waals surface area contributed by atoms with Gasteiger partial charge in [-0.15, -0.1) is 0 Å².